The topological polar surface area (TPSA) is 70.7 Å². The summed E-state index contributed by atoms with van der Waals surface area (Å²) in [6, 6.07) is 11.1. The van der Waals surface area contributed by atoms with E-state index in [9.17, 15) is 14.7 Å². The van der Waals surface area contributed by atoms with Crippen molar-refractivity contribution in [2.45, 2.75) is 53.2 Å². The molecule has 1 aromatic heterocycles. The molecule has 2 rings (SSSR count). The number of furan rings is 1. The third-order valence-corrected chi connectivity index (χ3v) is 4.81. The minimum absolute atomic E-state index is 0.131. The Morgan fingerprint density at radius 3 is 2.28 bits per heavy atom. The summed E-state index contributed by atoms with van der Waals surface area (Å²) in [7, 11) is 0. The predicted molar refractivity (Wildman–Crippen MR) is 113 cm³/mol. The monoisotopic (exact) mass is 395 g/mol. The maximum atomic E-state index is 13.4. The Bertz CT molecular complexity index is 921. The summed E-state index contributed by atoms with van der Waals surface area (Å²) in [5, 5.41) is 11.2. The summed E-state index contributed by atoms with van der Waals surface area (Å²) in [4.78, 5) is 27.5. The van der Waals surface area contributed by atoms with Gasteiger partial charge >= 0.3 is 0 Å². The van der Waals surface area contributed by atoms with Crippen molar-refractivity contribution in [3.05, 3.63) is 83.0 Å². The van der Waals surface area contributed by atoms with Crippen molar-refractivity contribution in [3.63, 3.8) is 0 Å². The van der Waals surface area contributed by atoms with Gasteiger partial charge in [0.05, 0.1) is 13.0 Å². The molecule has 1 amide bonds. The minimum atomic E-state index is -1.97. The van der Waals surface area contributed by atoms with Gasteiger partial charge < -0.3 is 14.4 Å². The Labute approximate surface area is 172 Å². The molecule has 0 saturated heterocycles. The second-order valence-electron chi connectivity index (χ2n) is 7.24. The molecular weight excluding hydrogens is 366 g/mol. The maximum absolute atomic E-state index is 13.4. The largest absolute Gasteiger partial charge is 0.458 e. The van der Waals surface area contributed by atoms with Crippen LogP contribution in [-0.4, -0.2) is 27.3 Å². The molecule has 0 radical (unpaired) electrons. The Morgan fingerprint density at radius 2 is 1.76 bits per heavy atom. The van der Waals surface area contributed by atoms with Gasteiger partial charge in [-0.1, -0.05) is 42.0 Å². The van der Waals surface area contributed by atoms with E-state index in [0.29, 0.717) is 18.0 Å². The standard InChI is InChI=1S/C24H29NO4/c1-6-14-24(28,15-21(26)22-13-10-19(5)29-22)23(27)25(18(4)7-2)16-20-11-8-17(3)9-12-20/h6-14,28H,15-16H2,1-5H3/b14-6+,18-7+. The van der Waals surface area contributed by atoms with Crippen molar-refractivity contribution < 1.29 is 19.1 Å². The molecule has 0 fully saturated rings. The number of amides is 1. The lowest BCUT2D eigenvalue weighted by atomic mass is 9.93. The van der Waals surface area contributed by atoms with Crippen molar-refractivity contribution >= 4 is 11.7 Å². The molecule has 0 aliphatic carbocycles. The molecule has 0 spiro atoms. The third kappa shape index (κ3) is 5.55. The molecule has 1 aromatic carbocycles. The zero-order valence-corrected chi connectivity index (χ0v) is 17.7. The summed E-state index contributed by atoms with van der Waals surface area (Å²) in [6.45, 7) is 9.36. The quantitative estimate of drug-likeness (QED) is 0.518. The summed E-state index contributed by atoms with van der Waals surface area (Å²) in [6.07, 6.45) is 4.35. The number of aryl methyl sites for hydroxylation is 2. The van der Waals surface area contributed by atoms with E-state index in [4.69, 9.17) is 4.42 Å². The SMILES string of the molecule is C/C=C/C(O)(CC(=O)c1ccc(C)o1)C(=O)N(Cc1ccc(C)cc1)/C(C)=C/C. The van der Waals surface area contributed by atoms with Crippen LogP contribution in [0.1, 0.15) is 54.6 Å². The van der Waals surface area contributed by atoms with Crippen LogP contribution in [0.4, 0.5) is 0 Å². The predicted octanol–water partition coefficient (Wildman–Crippen LogP) is 4.73. The smallest absolute Gasteiger partial charge is 0.263 e. The first-order valence-electron chi connectivity index (χ1n) is 9.66. The number of Topliss-reactive ketones (excluding diaryl/α,β-unsaturated/α-hetero) is 1. The van der Waals surface area contributed by atoms with Gasteiger partial charge in [-0.05, 0) is 58.4 Å². The van der Waals surface area contributed by atoms with Crippen LogP contribution in [-0.2, 0) is 11.3 Å². The average Bonchev–Trinajstić information content (AvgIpc) is 3.13. The molecule has 29 heavy (non-hydrogen) atoms. The number of benzene rings is 1. The Kier molecular flexibility index (Phi) is 7.35. The Hall–Kier alpha value is -2.92. The summed E-state index contributed by atoms with van der Waals surface area (Å²) >= 11 is 0. The van der Waals surface area contributed by atoms with Crippen LogP contribution < -0.4 is 0 Å². The highest BCUT2D eigenvalue weighted by Gasteiger charge is 2.40. The molecule has 5 heteroatoms. The van der Waals surface area contributed by atoms with Gasteiger partial charge in [0.15, 0.2) is 11.4 Å². The van der Waals surface area contributed by atoms with Crippen LogP contribution in [0.3, 0.4) is 0 Å². The number of carbonyl (C=O) groups excluding carboxylic acids is 2. The first-order chi connectivity index (χ1) is 13.7. The van der Waals surface area contributed by atoms with Crippen LogP contribution in [0.2, 0.25) is 0 Å². The number of hydrogen-bond acceptors (Lipinski definition) is 4. The number of allylic oxidation sites excluding steroid dienone is 3. The summed E-state index contributed by atoms with van der Waals surface area (Å²) in [5.41, 5.74) is 0.779. The number of hydrogen-bond donors (Lipinski definition) is 1. The second kappa shape index (κ2) is 9.52. The van der Waals surface area contributed by atoms with E-state index < -0.39 is 23.7 Å². The molecule has 0 aliphatic heterocycles. The second-order valence-corrected chi connectivity index (χ2v) is 7.24. The van der Waals surface area contributed by atoms with Gasteiger partial charge in [-0.2, -0.15) is 0 Å². The van der Waals surface area contributed by atoms with Gasteiger partial charge in [-0.15, -0.1) is 0 Å². The Morgan fingerprint density at radius 1 is 1.10 bits per heavy atom. The molecule has 0 aliphatic rings. The minimum Gasteiger partial charge on any atom is -0.458 e. The van der Waals surface area contributed by atoms with Crippen molar-refractivity contribution in [1.82, 2.24) is 4.90 Å². The van der Waals surface area contributed by atoms with E-state index in [1.54, 1.807) is 45.1 Å². The van der Waals surface area contributed by atoms with E-state index in [1.165, 1.54) is 11.0 Å². The highest BCUT2D eigenvalue weighted by atomic mass is 16.3. The zero-order chi connectivity index (χ0) is 21.6. The molecule has 0 saturated carbocycles. The lowest BCUT2D eigenvalue weighted by molar-refractivity contribution is -0.144. The van der Waals surface area contributed by atoms with Crippen molar-refractivity contribution in [2.24, 2.45) is 0 Å². The van der Waals surface area contributed by atoms with Crippen molar-refractivity contribution in [2.75, 3.05) is 0 Å². The van der Waals surface area contributed by atoms with Gasteiger partial charge in [0.1, 0.15) is 5.76 Å². The number of ketones is 1. The molecule has 1 heterocycles. The molecule has 0 bridgehead atoms. The molecule has 1 N–H and O–H groups in total. The number of rotatable bonds is 8. The van der Waals surface area contributed by atoms with Gasteiger partial charge in [0.2, 0.25) is 5.78 Å². The summed E-state index contributed by atoms with van der Waals surface area (Å²) in [5.74, 6) is -0.255. The van der Waals surface area contributed by atoms with E-state index in [2.05, 4.69) is 0 Å². The van der Waals surface area contributed by atoms with E-state index in [1.807, 2.05) is 38.1 Å². The van der Waals surface area contributed by atoms with Crippen molar-refractivity contribution in [1.29, 1.82) is 0 Å². The van der Waals surface area contributed by atoms with E-state index in [-0.39, 0.29) is 5.76 Å². The molecular formula is C24H29NO4. The molecule has 1 atom stereocenters. The van der Waals surface area contributed by atoms with E-state index >= 15 is 0 Å². The molecule has 5 nitrogen and oxygen atoms in total. The number of nitrogens with zero attached hydrogens (tertiary/aromatic N) is 1. The van der Waals surface area contributed by atoms with Gasteiger partial charge in [0, 0.05) is 5.70 Å². The number of carbonyl (C=O) groups is 2. The average molecular weight is 395 g/mol. The lowest BCUT2D eigenvalue weighted by Crippen LogP contribution is -2.48. The fourth-order valence-electron chi connectivity index (χ4n) is 3.02. The van der Waals surface area contributed by atoms with Crippen LogP contribution in [0.15, 0.2) is 64.7 Å². The molecule has 1 unspecified atom stereocenters. The van der Waals surface area contributed by atoms with Crippen LogP contribution in [0.25, 0.3) is 0 Å². The number of aliphatic hydroxyl groups is 1. The highest BCUT2D eigenvalue weighted by Crippen LogP contribution is 2.24. The Balaban J connectivity index is 2.34. The molecule has 2 aromatic rings. The first kappa shape index (κ1) is 22.4. The highest BCUT2D eigenvalue weighted by molar-refractivity contribution is 6.00. The van der Waals surface area contributed by atoms with Crippen LogP contribution in [0.5, 0.6) is 0 Å². The van der Waals surface area contributed by atoms with Gasteiger partial charge in [0.25, 0.3) is 5.91 Å². The third-order valence-electron chi connectivity index (χ3n) is 4.81. The van der Waals surface area contributed by atoms with Crippen LogP contribution in [0, 0.1) is 13.8 Å². The first-order valence-corrected chi connectivity index (χ1v) is 9.66. The zero-order valence-electron chi connectivity index (χ0n) is 17.7. The lowest BCUT2D eigenvalue weighted by Gasteiger charge is -2.32. The van der Waals surface area contributed by atoms with Gasteiger partial charge in [-0.3, -0.25) is 9.59 Å². The summed E-state index contributed by atoms with van der Waals surface area (Å²) < 4.78 is 5.36. The fraction of sp³-hybridized carbons (Fsp3) is 0.333. The van der Waals surface area contributed by atoms with Crippen molar-refractivity contribution in [3.8, 4) is 0 Å². The van der Waals surface area contributed by atoms with Gasteiger partial charge in [-0.25, -0.2) is 0 Å². The maximum Gasteiger partial charge on any atom is 0.263 e. The van der Waals surface area contributed by atoms with E-state index in [0.717, 1.165) is 11.1 Å². The fourth-order valence-corrected chi connectivity index (χ4v) is 3.02. The van der Waals surface area contributed by atoms with Crippen LogP contribution >= 0.6 is 0 Å². The molecule has 154 valence electrons. The normalized spacial score (nSPS) is 14.1.